The Morgan fingerprint density at radius 2 is 0.760 bits per heavy atom. The summed E-state index contributed by atoms with van der Waals surface area (Å²) in [5.74, 6) is -7.96. The monoisotopic (exact) mass is 1380 g/mol. The van der Waals surface area contributed by atoms with Crippen LogP contribution in [-0.2, 0) is 133 Å². The molecule has 8 unspecified atom stereocenters. The van der Waals surface area contributed by atoms with Crippen LogP contribution in [0.4, 0.5) is 0 Å². The van der Waals surface area contributed by atoms with Crippen LogP contribution in [0.5, 0.6) is 0 Å². The van der Waals surface area contributed by atoms with Crippen molar-refractivity contribution in [1.29, 1.82) is 0 Å². The Morgan fingerprint density at radius 1 is 0.385 bits per heavy atom. The molecule has 544 valence electrons. The first-order valence-corrected chi connectivity index (χ1v) is 31.8. The number of amides is 6. The van der Waals surface area contributed by atoms with E-state index in [0.717, 1.165) is 41.5 Å². The lowest BCUT2D eigenvalue weighted by atomic mass is 9.96. The number of nitrogens with one attached hydrogen (secondary N) is 6. The summed E-state index contributed by atoms with van der Waals surface area (Å²) in [6.07, 6.45) is -10.6. The minimum atomic E-state index is -1.33. The second-order valence-electron chi connectivity index (χ2n) is 22.8. The topological polar surface area (TPSA) is 444 Å². The zero-order chi connectivity index (χ0) is 71.4. The van der Waals surface area contributed by atoms with Crippen molar-refractivity contribution in [3.8, 4) is 0 Å². The Hall–Kier alpha value is -7.70. The molecule has 0 spiro atoms. The quantitative estimate of drug-likeness (QED) is 0.0233. The molecule has 14 atom stereocenters. The smallest absolute Gasteiger partial charge is 0.303 e. The summed E-state index contributed by atoms with van der Waals surface area (Å²) in [7, 11) is 0. The van der Waals surface area contributed by atoms with Crippen molar-refractivity contribution < 1.29 is 133 Å². The van der Waals surface area contributed by atoms with Crippen LogP contribution in [0.2, 0.25) is 0 Å². The number of carbonyl (C=O) groups is 14. The highest BCUT2D eigenvalue weighted by Gasteiger charge is 2.53. The van der Waals surface area contributed by atoms with Crippen LogP contribution in [0.25, 0.3) is 0 Å². The number of carbonyl (C=O) groups excluding carboxylic acids is 14. The van der Waals surface area contributed by atoms with Crippen molar-refractivity contribution in [2.24, 2.45) is 0 Å². The van der Waals surface area contributed by atoms with Crippen molar-refractivity contribution in [1.82, 2.24) is 36.8 Å². The van der Waals surface area contributed by atoms with E-state index in [1.807, 2.05) is 0 Å². The van der Waals surface area contributed by atoms with Crippen molar-refractivity contribution in [2.45, 2.75) is 226 Å². The van der Waals surface area contributed by atoms with E-state index in [0.29, 0.717) is 25.8 Å². The Balaban J connectivity index is 1.62. The van der Waals surface area contributed by atoms with Crippen LogP contribution < -0.4 is 31.9 Å². The number of unbranched alkanes of at least 4 members (excludes halogenated alkanes) is 3. The van der Waals surface area contributed by atoms with Gasteiger partial charge in [0.1, 0.15) is 56.3 Å². The standard InChI is InChI=1S/C61H97N7O28/c1-34(69)65-45-30-46(89-40(7)75)47(31-86-37(4)72)94-59(45)83-27-15-12-18-50(80)63-22-21-62-23-25-68(52(82)20-14-17-29-85-61-54(67-36(3)71)58(93-44(11)79)56(91-42(9)77)49(96-61)33-88-39(6)74)26-24-64-51(81)19-13-16-28-84-60-53(66-35(2)70)57(92-43(10)78)55(90-41(8)76)48(95-60)32-87-38(5)73/h45-49,53-62H,12-33H2,1-11H3,(H,63,80)(H,64,81)(H,65,69)(H,66,70)(H,67,71)/t45?,46-,47?,48?,49?,53?,54?,55+,56+,57?,58?,59-,60-,61-/m1/s1. The predicted octanol–water partition coefficient (Wildman–Crippen LogP) is -1.38. The van der Waals surface area contributed by atoms with Crippen LogP contribution in [0.3, 0.4) is 0 Å². The summed E-state index contributed by atoms with van der Waals surface area (Å²) in [4.78, 5) is 174. The fourth-order valence-electron chi connectivity index (χ4n) is 10.4. The molecule has 3 fully saturated rings. The Morgan fingerprint density at radius 3 is 1.18 bits per heavy atom. The second kappa shape index (κ2) is 44.2. The van der Waals surface area contributed by atoms with Gasteiger partial charge in [0.15, 0.2) is 43.3 Å². The van der Waals surface area contributed by atoms with Gasteiger partial charge in [-0.1, -0.05) is 0 Å². The summed E-state index contributed by atoms with van der Waals surface area (Å²) in [5, 5.41) is 16.9. The van der Waals surface area contributed by atoms with Gasteiger partial charge in [0, 0.05) is 161 Å². The molecule has 35 heteroatoms. The van der Waals surface area contributed by atoms with Gasteiger partial charge in [0.25, 0.3) is 0 Å². The molecule has 3 rings (SSSR count). The minimum Gasteiger partial charge on any atom is -0.463 e. The first-order valence-electron chi connectivity index (χ1n) is 31.8. The van der Waals surface area contributed by atoms with Gasteiger partial charge in [-0.15, -0.1) is 0 Å². The maximum atomic E-state index is 13.9. The fraction of sp³-hybridized carbons (Fsp3) is 0.770. The number of hydrogen-bond acceptors (Lipinski definition) is 29. The lowest BCUT2D eigenvalue weighted by molar-refractivity contribution is -0.277. The minimum absolute atomic E-state index is 0.0134. The highest BCUT2D eigenvalue weighted by Crippen LogP contribution is 2.31. The van der Waals surface area contributed by atoms with Gasteiger partial charge in [0.05, 0.1) is 6.04 Å². The van der Waals surface area contributed by atoms with E-state index in [2.05, 4.69) is 31.9 Å². The van der Waals surface area contributed by atoms with Crippen LogP contribution in [0.15, 0.2) is 0 Å². The van der Waals surface area contributed by atoms with Crippen LogP contribution in [-0.4, -0.2) is 253 Å². The van der Waals surface area contributed by atoms with Gasteiger partial charge in [-0.2, -0.15) is 0 Å². The van der Waals surface area contributed by atoms with Gasteiger partial charge < -0.3 is 103 Å². The third kappa shape index (κ3) is 32.8. The van der Waals surface area contributed by atoms with Gasteiger partial charge in [-0.3, -0.25) is 67.1 Å². The zero-order valence-corrected chi connectivity index (χ0v) is 56.5. The third-order valence-corrected chi connectivity index (χ3v) is 14.3. The molecule has 0 aromatic heterocycles. The molecule has 35 nitrogen and oxygen atoms in total. The molecule has 6 amide bonds. The molecule has 0 aliphatic carbocycles. The van der Waals surface area contributed by atoms with E-state index in [9.17, 15) is 67.1 Å². The summed E-state index contributed by atoms with van der Waals surface area (Å²) >= 11 is 0. The number of rotatable bonds is 41. The average molecular weight is 1380 g/mol. The molecule has 0 radical (unpaired) electrons. The first-order chi connectivity index (χ1) is 45.4. The largest absolute Gasteiger partial charge is 0.463 e. The van der Waals surface area contributed by atoms with Crippen molar-refractivity contribution in [3.05, 3.63) is 0 Å². The van der Waals surface area contributed by atoms with Crippen LogP contribution >= 0.6 is 0 Å². The lowest BCUT2D eigenvalue weighted by Crippen LogP contribution is -2.66. The molecular weight excluding hydrogens is 1280 g/mol. The molecule has 3 saturated heterocycles. The maximum Gasteiger partial charge on any atom is 0.303 e. The predicted molar refractivity (Wildman–Crippen MR) is 326 cm³/mol. The first kappa shape index (κ1) is 82.5. The molecule has 96 heavy (non-hydrogen) atoms. The van der Waals surface area contributed by atoms with Crippen LogP contribution in [0.1, 0.15) is 140 Å². The SMILES string of the molecule is CC(=O)NC1C[C@@H](OC(C)=O)C(COC(C)=O)O[C@H]1OCCCCC(=O)NCCNCCN(CCNC(=O)CCCCO[C@@H]1OC(COC(C)=O)[C@H](OC(C)=O)C(OC(C)=O)C1NC(C)=O)C(=O)CCCCO[C@@H]1OC(COC(C)=O)[C@H](OC(C)=O)C(OC(C)=O)C1NC(C)=O. The van der Waals surface area contributed by atoms with Gasteiger partial charge in [0.2, 0.25) is 35.4 Å². The van der Waals surface area contributed by atoms with Crippen LogP contribution in [0, 0.1) is 0 Å². The zero-order valence-electron chi connectivity index (χ0n) is 56.5. The number of ether oxygens (including phenoxy) is 14. The molecule has 3 heterocycles. The number of nitrogens with zero attached hydrogens (tertiary/aromatic N) is 1. The van der Waals surface area contributed by atoms with Crippen molar-refractivity contribution in [3.63, 3.8) is 0 Å². The highest BCUT2D eigenvalue weighted by atomic mass is 16.7. The van der Waals surface area contributed by atoms with E-state index in [-0.39, 0.29) is 128 Å². The third-order valence-electron chi connectivity index (χ3n) is 14.3. The number of hydrogen-bond donors (Lipinski definition) is 6. The van der Waals surface area contributed by atoms with E-state index in [4.69, 9.17) is 66.3 Å². The summed E-state index contributed by atoms with van der Waals surface area (Å²) in [6, 6.07) is -3.07. The Labute approximate surface area is 557 Å². The molecule has 6 N–H and O–H groups in total. The summed E-state index contributed by atoms with van der Waals surface area (Å²) in [6.45, 7) is 13.1. The van der Waals surface area contributed by atoms with E-state index >= 15 is 0 Å². The van der Waals surface area contributed by atoms with Gasteiger partial charge >= 0.3 is 47.8 Å². The molecular formula is C61H97N7O28. The van der Waals surface area contributed by atoms with Crippen molar-refractivity contribution in [2.75, 3.05) is 78.9 Å². The van der Waals surface area contributed by atoms with Gasteiger partial charge in [-0.25, -0.2) is 0 Å². The lowest BCUT2D eigenvalue weighted by Gasteiger charge is -2.44. The molecule has 3 aliphatic heterocycles. The number of esters is 8. The summed E-state index contributed by atoms with van der Waals surface area (Å²) < 4.78 is 78.8. The second-order valence-corrected chi connectivity index (χ2v) is 22.8. The van der Waals surface area contributed by atoms with E-state index in [1.165, 1.54) is 34.6 Å². The highest BCUT2D eigenvalue weighted by molar-refractivity contribution is 5.78. The van der Waals surface area contributed by atoms with Crippen molar-refractivity contribution >= 4 is 83.2 Å². The van der Waals surface area contributed by atoms with E-state index in [1.54, 1.807) is 4.90 Å². The normalized spacial score (nSPS) is 24.4. The molecule has 3 aliphatic rings. The van der Waals surface area contributed by atoms with E-state index < -0.39 is 159 Å². The molecule has 0 aromatic rings. The average Bonchev–Trinajstić information content (AvgIpc) is 0.803. The van der Waals surface area contributed by atoms with Gasteiger partial charge in [-0.05, 0) is 38.5 Å². The maximum absolute atomic E-state index is 13.9. The molecule has 0 aromatic carbocycles. The fourth-order valence-corrected chi connectivity index (χ4v) is 10.4. The molecule has 0 bridgehead atoms. The Kier molecular flexibility index (Phi) is 38.0. The summed E-state index contributed by atoms with van der Waals surface area (Å²) in [5.41, 5.74) is 0. The molecule has 0 saturated carbocycles. The Bertz CT molecular complexity index is 2600.